The summed E-state index contributed by atoms with van der Waals surface area (Å²) in [4.78, 5) is 47.6. The van der Waals surface area contributed by atoms with Gasteiger partial charge in [0.25, 0.3) is 11.8 Å². The second kappa shape index (κ2) is 19.2. The predicted molar refractivity (Wildman–Crippen MR) is 209 cm³/mol. The van der Waals surface area contributed by atoms with Gasteiger partial charge < -0.3 is 20.1 Å². The number of nitrogens with one attached hydrogen (secondary N) is 2. The highest BCUT2D eigenvalue weighted by molar-refractivity contribution is 6.21. The average molecular weight is 729 g/mol. The van der Waals surface area contributed by atoms with Crippen LogP contribution in [0.2, 0.25) is 0 Å². The van der Waals surface area contributed by atoms with Crippen LogP contribution in [0.15, 0.2) is 60.8 Å². The summed E-state index contributed by atoms with van der Waals surface area (Å²) in [5, 5.41) is 4.08. The fourth-order valence-corrected chi connectivity index (χ4v) is 7.79. The van der Waals surface area contributed by atoms with E-state index in [0.29, 0.717) is 31.6 Å². The number of carbonyl (C=O) groups excluding carboxylic acids is 3. The lowest BCUT2D eigenvalue weighted by molar-refractivity contribution is -0.130. The number of aromatic nitrogens is 1. The molecule has 0 bridgehead atoms. The number of fused-ring (bicyclic) bond motifs is 3. The lowest BCUT2D eigenvalue weighted by Crippen LogP contribution is -2.39. The Balaban J connectivity index is 1.13. The Kier molecular flexibility index (Phi) is 14.4. The number of benzene rings is 2. The number of rotatable bonds is 18. The lowest BCUT2D eigenvalue weighted by atomic mass is 9.81. The van der Waals surface area contributed by atoms with Gasteiger partial charge in [0.15, 0.2) is 11.6 Å². The molecule has 0 saturated carbocycles. The zero-order valence-electron chi connectivity index (χ0n) is 32.0. The van der Waals surface area contributed by atoms with Crippen molar-refractivity contribution in [3.8, 4) is 0 Å². The molecule has 5 rings (SSSR count). The first-order valence-electron chi connectivity index (χ1n) is 19.9. The van der Waals surface area contributed by atoms with E-state index < -0.39 is 23.0 Å². The molecule has 3 amide bonds. The van der Waals surface area contributed by atoms with Crippen LogP contribution in [0.1, 0.15) is 139 Å². The fraction of sp³-hybridized carbons (Fsp3) is 0.523. The molecule has 1 saturated heterocycles. The van der Waals surface area contributed by atoms with E-state index in [9.17, 15) is 23.2 Å². The summed E-state index contributed by atoms with van der Waals surface area (Å²) in [6.45, 7) is 7.48. The number of aromatic amines is 1. The van der Waals surface area contributed by atoms with E-state index >= 15 is 0 Å². The Labute approximate surface area is 314 Å². The fourth-order valence-electron chi connectivity index (χ4n) is 7.79. The first-order chi connectivity index (χ1) is 25.6. The second-order valence-corrected chi connectivity index (χ2v) is 15.5. The third-order valence-corrected chi connectivity index (χ3v) is 10.7. The smallest absolute Gasteiger partial charge is 0.257 e. The molecule has 9 heteroatoms. The molecule has 1 atom stereocenters. The molecule has 2 aromatic carbocycles. The molecule has 3 aromatic rings. The summed E-state index contributed by atoms with van der Waals surface area (Å²) >= 11 is 0. The summed E-state index contributed by atoms with van der Waals surface area (Å²) in [5.41, 5.74) is 2.04. The minimum absolute atomic E-state index is 0.0117. The van der Waals surface area contributed by atoms with Crippen molar-refractivity contribution >= 4 is 34.2 Å². The van der Waals surface area contributed by atoms with Gasteiger partial charge in [-0.25, -0.2) is 8.78 Å². The molecule has 1 aromatic heterocycles. The Morgan fingerprint density at radius 3 is 2.28 bits per heavy atom. The van der Waals surface area contributed by atoms with Crippen LogP contribution < -0.4 is 5.32 Å². The quantitative estimate of drug-likeness (QED) is 0.101. The number of carbonyl (C=O) groups is 3. The number of hydrogen-bond acceptors (Lipinski definition) is 3. The molecule has 1 fully saturated rings. The maximum Gasteiger partial charge on any atom is 0.257 e. The van der Waals surface area contributed by atoms with Crippen molar-refractivity contribution in [3.05, 3.63) is 89.3 Å². The predicted octanol–water partition coefficient (Wildman–Crippen LogP) is 9.98. The van der Waals surface area contributed by atoms with E-state index in [0.717, 1.165) is 54.3 Å². The molecule has 2 aliphatic heterocycles. The molecule has 53 heavy (non-hydrogen) atoms. The summed E-state index contributed by atoms with van der Waals surface area (Å²) in [6, 6.07) is 10.6. The van der Waals surface area contributed by atoms with Gasteiger partial charge in [-0.05, 0) is 68.4 Å². The van der Waals surface area contributed by atoms with Crippen molar-refractivity contribution in [1.82, 2.24) is 20.1 Å². The largest absolute Gasteiger partial charge is 0.354 e. The van der Waals surface area contributed by atoms with Gasteiger partial charge in [0.05, 0.1) is 11.3 Å². The number of halogens is 2. The monoisotopic (exact) mass is 728 g/mol. The highest BCUT2D eigenvalue weighted by Crippen LogP contribution is 2.40. The number of para-hydroxylation sites is 1. The van der Waals surface area contributed by atoms with Crippen LogP contribution in [0.5, 0.6) is 0 Å². The third kappa shape index (κ3) is 10.7. The Bertz CT molecular complexity index is 1780. The lowest BCUT2D eigenvalue weighted by Gasteiger charge is -2.29. The third-order valence-electron chi connectivity index (χ3n) is 10.7. The van der Waals surface area contributed by atoms with Crippen LogP contribution in [0, 0.1) is 11.6 Å². The van der Waals surface area contributed by atoms with Gasteiger partial charge in [-0.2, -0.15) is 0 Å². The van der Waals surface area contributed by atoms with Gasteiger partial charge in [0.2, 0.25) is 5.91 Å². The normalized spacial score (nSPS) is 16.9. The van der Waals surface area contributed by atoms with E-state index in [1.165, 1.54) is 75.0 Å². The van der Waals surface area contributed by atoms with Gasteiger partial charge in [0.1, 0.15) is 0 Å². The van der Waals surface area contributed by atoms with Crippen molar-refractivity contribution in [2.24, 2.45) is 0 Å². The maximum absolute atomic E-state index is 14.2. The Morgan fingerprint density at radius 2 is 1.57 bits per heavy atom. The summed E-state index contributed by atoms with van der Waals surface area (Å²) in [7, 11) is 0. The molecule has 3 heterocycles. The first kappa shape index (κ1) is 39.9. The molecule has 0 radical (unpaired) electrons. The molecule has 0 spiro atoms. The number of allylic oxidation sites excluding steroid dienone is 2. The van der Waals surface area contributed by atoms with Crippen LogP contribution in [0.25, 0.3) is 16.5 Å². The molecule has 7 nitrogen and oxygen atoms in total. The van der Waals surface area contributed by atoms with Crippen molar-refractivity contribution in [2.45, 2.75) is 129 Å². The Hall–Kier alpha value is -4.27. The summed E-state index contributed by atoms with van der Waals surface area (Å²) in [6.07, 6.45) is 23.1. The number of hydrogen-bond donors (Lipinski definition) is 2. The van der Waals surface area contributed by atoms with E-state index in [1.807, 2.05) is 43.0 Å². The molecule has 286 valence electrons. The summed E-state index contributed by atoms with van der Waals surface area (Å²) in [5.74, 6) is -2.93. The highest BCUT2D eigenvalue weighted by atomic mass is 19.2. The highest BCUT2D eigenvalue weighted by Gasteiger charge is 2.38. The zero-order chi connectivity index (χ0) is 37.8. The molecular weight excluding hydrogens is 671 g/mol. The van der Waals surface area contributed by atoms with Crippen molar-refractivity contribution < 1.29 is 23.2 Å². The summed E-state index contributed by atoms with van der Waals surface area (Å²) < 4.78 is 27.9. The average Bonchev–Trinajstić information content (AvgIpc) is 3.75. The standard InChI is InChI=1S/C44H58F2N4O3/c1-4-5-6-7-8-9-10-11-12-13-14-15-16-17-18-23-39(51)49-27-26-33(29-49)47-42(52)35-30-50(43(53)32-24-25-36(45)37(46)28-32)31-44(2,3)40-34-21-19-20-22-38(34)48-41(35)40/h11-12,19-22,24-25,28,30,33,48H,4-10,13-18,23,26-27,29,31H2,1-3H3,(H,47,52)/b12-11-/t33-/m1/s1. The van der Waals surface area contributed by atoms with Gasteiger partial charge in [-0.3, -0.25) is 14.4 Å². The minimum Gasteiger partial charge on any atom is -0.354 e. The molecule has 2 N–H and O–H groups in total. The number of unbranched alkanes of at least 4 members (excludes halogenated alkanes) is 11. The number of nitrogens with zero attached hydrogens (tertiary/aromatic N) is 2. The molecule has 0 unspecified atom stereocenters. The van der Waals surface area contributed by atoms with Crippen LogP contribution in [0.4, 0.5) is 8.78 Å². The van der Waals surface area contributed by atoms with Crippen LogP contribution in [-0.4, -0.2) is 58.2 Å². The topological polar surface area (TPSA) is 85.5 Å². The van der Waals surface area contributed by atoms with Crippen LogP contribution in [0.3, 0.4) is 0 Å². The van der Waals surface area contributed by atoms with Crippen LogP contribution >= 0.6 is 0 Å². The molecular formula is C44H58F2N4O3. The van der Waals surface area contributed by atoms with Gasteiger partial charge >= 0.3 is 0 Å². The van der Waals surface area contributed by atoms with Crippen LogP contribution in [-0.2, 0) is 15.0 Å². The van der Waals surface area contributed by atoms with Crippen molar-refractivity contribution in [3.63, 3.8) is 0 Å². The van der Waals surface area contributed by atoms with Crippen molar-refractivity contribution in [2.75, 3.05) is 19.6 Å². The van der Waals surface area contributed by atoms with Gasteiger partial charge in [-0.1, -0.05) is 102 Å². The maximum atomic E-state index is 14.2. The Morgan fingerprint density at radius 1 is 0.887 bits per heavy atom. The van der Waals surface area contributed by atoms with Crippen molar-refractivity contribution in [1.29, 1.82) is 0 Å². The number of H-pyrrole nitrogens is 1. The first-order valence-corrected chi connectivity index (χ1v) is 19.9. The number of amides is 3. The van der Waals surface area contributed by atoms with E-state index in [2.05, 4.69) is 29.4 Å². The van der Waals surface area contributed by atoms with Gasteiger partial charge in [0, 0.05) is 60.2 Å². The SMILES string of the molecule is CCCCCCCC/C=C\CCCCCCCC(=O)N1CC[C@@H](NC(=O)C2=CN(C(=O)c3ccc(F)c(F)c3)CC(C)(C)c3c2[nH]c2ccccc32)C1. The zero-order valence-corrected chi connectivity index (χ0v) is 32.0. The molecule has 0 aliphatic carbocycles. The second-order valence-electron chi connectivity index (χ2n) is 15.5. The number of likely N-dealkylation sites (tertiary alicyclic amines) is 1. The van der Waals surface area contributed by atoms with E-state index in [4.69, 9.17) is 0 Å². The van der Waals surface area contributed by atoms with Gasteiger partial charge in [-0.15, -0.1) is 0 Å². The molecule has 2 aliphatic rings. The minimum atomic E-state index is -1.11. The van der Waals surface area contributed by atoms with E-state index in [-0.39, 0.29) is 35.5 Å². The van der Waals surface area contributed by atoms with E-state index in [1.54, 1.807) is 0 Å².